The Morgan fingerprint density at radius 1 is 1.33 bits per heavy atom. The number of halogens is 3. The monoisotopic (exact) mass is 535 g/mol. The van der Waals surface area contributed by atoms with E-state index in [0.29, 0.717) is 58.9 Å². The summed E-state index contributed by atoms with van der Waals surface area (Å²) in [4.78, 5) is 22.6. The number of thioether (sulfide) groups is 1. The van der Waals surface area contributed by atoms with Gasteiger partial charge in [-0.25, -0.2) is 13.8 Å². The Balaban J connectivity index is 1.36. The molecule has 2 aromatic heterocycles. The third-order valence-electron chi connectivity index (χ3n) is 6.68. The average molecular weight is 536 g/mol. The molecule has 0 radical (unpaired) electrons. The van der Waals surface area contributed by atoms with Crippen molar-refractivity contribution in [3.05, 3.63) is 59.1 Å². The van der Waals surface area contributed by atoms with Crippen LogP contribution < -0.4 is 4.74 Å². The number of fused-ring (bicyclic) bond motifs is 1. The minimum Gasteiger partial charge on any atom is -0.497 e. The number of rotatable bonds is 10. The van der Waals surface area contributed by atoms with Crippen LogP contribution in [0.3, 0.4) is 0 Å². The molecule has 3 aromatic rings. The van der Waals surface area contributed by atoms with Crippen LogP contribution >= 0.6 is 23.4 Å². The summed E-state index contributed by atoms with van der Waals surface area (Å²) in [7, 11) is 1.54. The number of carboxylic acids is 1. The van der Waals surface area contributed by atoms with Gasteiger partial charge in [0.1, 0.15) is 17.7 Å². The number of ether oxygens (including phenoxy) is 1. The van der Waals surface area contributed by atoms with Crippen molar-refractivity contribution >= 4 is 40.2 Å². The predicted octanol–water partition coefficient (Wildman–Crippen LogP) is 6.04. The Morgan fingerprint density at radius 2 is 2.17 bits per heavy atom. The van der Waals surface area contributed by atoms with Gasteiger partial charge in [0, 0.05) is 48.3 Å². The van der Waals surface area contributed by atoms with Gasteiger partial charge in [0.2, 0.25) is 0 Å². The van der Waals surface area contributed by atoms with Crippen molar-refractivity contribution in [1.29, 1.82) is 0 Å². The highest BCUT2D eigenvalue weighted by atomic mass is 35.5. The smallest absolute Gasteiger partial charge is 0.308 e. The number of methoxy groups -OCH3 is 1. The maximum absolute atomic E-state index is 15.5. The van der Waals surface area contributed by atoms with E-state index in [9.17, 15) is 14.3 Å². The number of alkyl halides is 1. The van der Waals surface area contributed by atoms with Crippen molar-refractivity contribution in [3.8, 4) is 5.75 Å². The first-order valence-electron chi connectivity index (χ1n) is 11.8. The molecule has 0 amide bonds. The highest BCUT2D eigenvalue weighted by Gasteiger charge is 2.34. The molecule has 3 atom stereocenters. The molecule has 1 aromatic carbocycles. The number of carbonyl (C=O) groups is 1. The zero-order chi connectivity index (χ0) is 25.7. The Hall–Kier alpha value is -2.49. The van der Waals surface area contributed by atoms with E-state index in [1.165, 1.54) is 36.3 Å². The zero-order valence-electron chi connectivity index (χ0n) is 19.9. The largest absolute Gasteiger partial charge is 0.497 e. The molecule has 0 bridgehead atoms. The summed E-state index contributed by atoms with van der Waals surface area (Å²) in [5, 5.41) is 11.3. The molecular formula is C26H28ClF2N3O3S. The van der Waals surface area contributed by atoms with Gasteiger partial charge in [-0.3, -0.25) is 9.78 Å². The van der Waals surface area contributed by atoms with Crippen LogP contribution in [0.2, 0.25) is 5.02 Å². The number of hydrogen-bond donors (Lipinski definition) is 1. The predicted molar refractivity (Wildman–Crippen MR) is 137 cm³/mol. The number of pyridine rings is 2. The fourth-order valence-electron chi connectivity index (χ4n) is 4.76. The van der Waals surface area contributed by atoms with Gasteiger partial charge in [-0.1, -0.05) is 11.6 Å². The van der Waals surface area contributed by atoms with E-state index >= 15 is 4.39 Å². The molecule has 2 unspecified atom stereocenters. The number of benzene rings is 1. The van der Waals surface area contributed by atoms with Crippen LogP contribution in [-0.2, 0) is 4.79 Å². The fraction of sp³-hybridized carbons (Fsp3) is 0.423. The molecule has 1 N–H and O–H groups in total. The maximum atomic E-state index is 15.5. The zero-order valence-corrected chi connectivity index (χ0v) is 21.4. The number of likely N-dealkylation sites (tertiary alicyclic amines) is 1. The number of piperidine rings is 1. The van der Waals surface area contributed by atoms with E-state index in [1.807, 2.05) is 0 Å². The molecule has 1 saturated heterocycles. The van der Waals surface area contributed by atoms with Gasteiger partial charge in [0.15, 0.2) is 0 Å². The summed E-state index contributed by atoms with van der Waals surface area (Å²) in [5.74, 6) is -0.632. The van der Waals surface area contributed by atoms with Crippen LogP contribution in [0, 0.1) is 17.7 Å². The van der Waals surface area contributed by atoms with E-state index in [1.54, 1.807) is 25.3 Å². The van der Waals surface area contributed by atoms with Crippen molar-refractivity contribution in [2.75, 3.05) is 32.5 Å². The third-order valence-corrected chi connectivity index (χ3v) is 7.89. The minimum atomic E-state index is -1.35. The lowest BCUT2D eigenvalue weighted by Gasteiger charge is -2.36. The molecule has 36 heavy (non-hydrogen) atoms. The lowest BCUT2D eigenvalue weighted by atomic mass is 9.81. The number of nitrogens with zero attached hydrogens (tertiary/aromatic N) is 3. The van der Waals surface area contributed by atoms with Gasteiger partial charge in [-0.2, -0.15) is 0 Å². The van der Waals surface area contributed by atoms with Crippen LogP contribution in [0.15, 0.2) is 47.8 Å². The quantitative estimate of drug-likeness (QED) is 0.317. The van der Waals surface area contributed by atoms with Gasteiger partial charge in [0.25, 0.3) is 0 Å². The molecular weight excluding hydrogens is 508 g/mol. The minimum absolute atomic E-state index is 0.129. The van der Waals surface area contributed by atoms with Crippen molar-refractivity contribution in [2.24, 2.45) is 11.8 Å². The van der Waals surface area contributed by atoms with E-state index in [2.05, 4.69) is 14.9 Å². The van der Waals surface area contributed by atoms with Gasteiger partial charge in [-0.15, -0.1) is 11.8 Å². The molecule has 192 valence electrons. The first-order chi connectivity index (χ1) is 17.4. The van der Waals surface area contributed by atoms with E-state index < -0.39 is 18.1 Å². The second-order valence-corrected chi connectivity index (χ2v) is 10.4. The molecule has 1 fully saturated rings. The SMILES string of the molecule is COc1ccc2ncc(Cl)c([C@H](F)CCC3CCN(CCSc4cc(F)ccn4)CC3C(=O)O)c2c1. The number of aromatic nitrogens is 2. The van der Waals surface area contributed by atoms with Crippen molar-refractivity contribution in [2.45, 2.75) is 30.5 Å². The fourth-order valence-corrected chi connectivity index (χ4v) is 5.92. The summed E-state index contributed by atoms with van der Waals surface area (Å²) in [5.41, 5.74) is 0.994. The lowest BCUT2D eigenvalue weighted by Crippen LogP contribution is -2.44. The second kappa shape index (κ2) is 12.2. The summed E-state index contributed by atoms with van der Waals surface area (Å²) in [6.07, 6.45) is 2.82. The maximum Gasteiger partial charge on any atom is 0.308 e. The standard InChI is InChI=1S/C26H28ClF2N3O3S/c1-35-18-3-5-23-19(13-18)25(21(27)14-31-23)22(29)4-2-16-7-9-32(15-20(16)26(33)34)10-11-36-24-12-17(28)6-8-30-24/h3,5-6,8,12-14,16,20,22H,2,4,7,9-11,15H2,1H3,(H,33,34)/t16?,20?,22-/m1/s1. The van der Waals surface area contributed by atoms with Crippen molar-refractivity contribution in [1.82, 2.24) is 14.9 Å². The highest BCUT2D eigenvalue weighted by molar-refractivity contribution is 7.99. The number of carboxylic acid groups (broad SMARTS) is 1. The first kappa shape index (κ1) is 26.6. The Labute approximate surface area is 218 Å². The van der Waals surface area contributed by atoms with Crippen LogP contribution in [0.1, 0.15) is 31.0 Å². The molecule has 4 rings (SSSR count). The topological polar surface area (TPSA) is 75.5 Å². The third kappa shape index (κ3) is 6.44. The molecule has 10 heteroatoms. The first-order valence-corrected chi connectivity index (χ1v) is 13.2. The number of hydrogen-bond acceptors (Lipinski definition) is 6. The Kier molecular flexibility index (Phi) is 8.98. The van der Waals surface area contributed by atoms with Crippen molar-refractivity contribution < 1.29 is 23.4 Å². The van der Waals surface area contributed by atoms with Gasteiger partial charge in [-0.05, 0) is 56.0 Å². The summed E-state index contributed by atoms with van der Waals surface area (Å²) < 4.78 is 34.1. The average Bonchev–Trinajstić information content (AvgIpc) is 2.87. The summed E-state index contributed by atoms with van der Waals surface area (Å²) >= 11 is 7.78. The summed E-state index contributed by atoms with van der Waals surface area (Å²) in [6, 6.07) is 7.94. The lowest BCUT2D eigenvalue weighted by molar-refractivity contribution is -0.146. The molecule has 0 saturated carbocycles. The molecule has 1 aliphatic heterocycles. The van der Waals surface area contributed by atoms with Gasteiger partial charge < -0.3 is 14.7 Å². The van der Waals surface area contributed by atoms with E-state index in [4.69, 9.17) is 16.3 Å². The van der Waals surface area contributed by atoms with Crippen LogP contribution in [0.4, 0.5) is 8.78 Å². The van der Waals surface area contributed by atoms with Crippen molar-refractivity contribution in [3.63, 3.8) is 0 Å². The highest BCUT2D eigenvalue weighted by Crippen LogP contribution is 2.38. The second-order valence-electron chi connectivity index (χ2n) is 8.90. The molecule has 0 spiro atoms. The Bertz CT molecular complexity index is 1220. The van der Waals surface area contributed by atoms with Gasteiger partial charge >= 0.3 is 5.97 Å². The normalized spacial score (nSPS) is 19.3. The van der Waals surface area contributed by atoms with Crippen LogP contribution in [-0.4, -0.2) is 58.4 Å². The Morgan fingerprint density at radius 3 is 2.92 bits per heavy atom. The van der Waals surface area contributed by atoms with Crippen LogP contribution in [0.5, 0.6) is 5.75 Å². The van der Waals surface area contributed by atoms with Crippen LogP contribution in [0.25, 0.3) is 10.9 Å². The molecule has 0 aliphatic carbocycles. The van der Waals surface area contributed by atoms with Gasteiger partial charge in [0.05, 0.1) is 28.6 Å². The molecule has 1 aliphatic rings. The molecule has 3 heterocycles. The molecule has 6 nitrogen and oxygen atoms in total. The summed E-state index contributed by atoms with van der Waals surface area (Å²) in [6.45, 7) is 1.81. The van der Waals surface area contributed by atoms with E-state index in [0.717, 1.165) is 6.54 Å². The number of aliphatic carboxylic acids is 1. The van der Waals surface area contributed by atoms with E-state index in [-0.39, 0.29) is 23.2 Å².